The number of ether oxygens (including phenoxy) is 2. The van der Waals surface area contributed by atoms with Crippen LogP contribution >= 0.6 is 0 Å². The summed E-state index contributed by atoms with van der Waals surface area (Å²) in [7, 11) is 0.711. The van der Waals surface area contributed by atoms with Crippen molar-refractivity contribution < 1.29 is 37.4 Å². The molecule has 4 rings (SSSR count). The summed E-state index contributed by atoms with van der Waals surface area (Å²) in [6.07, 6.45) is 3.11. The molecule has 13 heteroatoms. The molecule has 2 N–H and O–H groups in total. The van der Waals surface area contributed by atoms with Crippen molar-refractivity contribution in [2.75, 3.05) is 39.2 Å². The highest BCUT2D eigenvalue weighted by molar-refractivity contribution is 7.89. The first-order valence-electron chi connectivity index (χ1n) is 19.0. The van der Waals surface area contributed by atoms with E-state index in [1.165, 1.54) is 47.6 Å². The molecule has 3 aromatic carbocycles. The van der Waals surface area contributed by atoms with Gasteiger partial charge in [0.15, 0.2) is 0 Å². The van der Waals surface area contributed by atoms with Crippen LogP contribution in [-0.2, 0) is 21.2 Å². The minimum atomic E-state index is -4.06. The monoisotopic (exact) mass is 778 g/mol. The zero-order chi connectivity index (χ0) is 40.5. The van der Waals surface area contributed by atoms with Crippen molar-refractivity contribution in [2.45, 2.75) is 102 Å². The third-order valence-corrected chi connectivity index (χ3v) is 11.5. The topological polar surface area (TPSA) is 146 Å². The van der Waals surface area contributed by atoms with Crippen LogP contribution in [0.25, 0.3) is 0 Å². The Balaban J connectivity index is 1.71. The van der Waals surface area contributed by atoms with E-state index in [9.17, 15) is 27.9 Å². The summed E-state index contributed by atoms with van der Waals surface area (Å²) in [5.74, 6) is -0.460. The summed E-state index contributed by atoms with van der Waals surface area (Å²) in [6.45, 7) is 8.84. The largest absolute Gasteiger partial charge is 0.497 e. The molecule has 3 aromatic rings. The third-order valence-electron chi connectivity index (χ3n) is 9.66. The second kappa shape index (κ2) is 18.9. The number of sulfonamides is 1. The van der Waals surface area contributed by atoms with Crippen LogP contribution in [0.1, 0.15) is 93.0 Å². The Labute approximate surface area is 326 Å². The molecule has 2 atom stereocenters. The lowest BCUT2D eigenvalue weighted by Crippen LogP contribution is -2.51. The molecular formula is C42H58N4O8S. The fraction of sp³-hybridized carbons (Fsp3) is 0.500. The standard InChI is InChI=1S/C42H58N4O8S/c1-29(2)27-46(55(51,52)36-21-19-35(53-8)20-22-36)28-38(47)37(23-30-15-11-9-12-16-30)43-39(48)31-24-32(40(49)44(6)33-17-13-10-14-18-33)26-34(25-31)45(7)41(50)54-42(3,4)5/h9,11-12,15-16,19-22,24-26,29,33,37-38,47H,10,13-14,17-18,23,27-28H2,1-8H3,(H,43,48). The highest BCUT2D eigenvalue weighted by Crippen LogP contribution is 2.27. The molecule has 0 radical (unpaired) electrons. The summed E-state index contributed by atoms with van der Waals surface area (Å²) in [4.78, 5) is 44.4. The number of hydrogen-bond acceptors (Lipinski definition) is 8. The molecule has 12 nitrogen and oxygen atoms in total. The molecule has 1 aliphatic carbocycles. The predicted octanol–water partition coefficient (Wildman–Crippen LogP) is 6.52. The van der Waals surface area contributed by atoms with Gasteiger partial charge in [0.25, 0.3) is 11.8 Å². The van der Waals surface area contributed by atoms with Gasteiger partial charge in [-0.15, -0.1) is 0 Å². The Kier molecular flexibility index (Phi) is 14.9. The van der Waals surface area contributed by atoms with Crippen LogP contribution in [0.4, 0.5) is 10.5 Å². The van der Waals surface area contributed by atoms with Gasteiger partial charge in [-0.2, -0.15) is 4.31 Å². The number of nitrogens with one attached hydrogen (secondary N) is 1. The molecule has 2 unspecified atom stereocenters. The summed E-state index contributed by atoms with van der Waals surface area (Å²) < 4.78 is 39.9. The number of methoxy groups -OCH3 is 1. The van der Waals surface area contributed by atoms with Crippen molar-refractivity contribution in [3.8, 4) is 5.75 Å². The molecule has 0 bridgehead atoms. The van der Waals surface area contributed by atoms with Gasteiger partial charge >= 0.3 is 6.09 Å². The van der Waals surface area contributed by atoms with Gasteiger partial charge in [0, 0.05) is 50.0 Å². The molecule has 0 heterocycles. The van der Waals surface area contributed by atoms with E-state index in [0.717, 1.165) is 37.7 Å². The Bertz CT molecular complexity index is 1860. The molecule has 55 heavy (non-hydrogen) atoms. The number of aliphatic hydroxyl groups is 1. The lowest BCUT2D eigenvalue weighted by atomic mass is 9.94. The van der Waals surface area contributed by atoms with Crippen molar-refractivity contribution in [1.29, 1.82) is 0 Å². The molecular weight excluding hydrogens is 721 g/mol. The molecule has 3 amide bonds. The first-order chi connectivity index (χ1) is 25.9. The number of anilines is 1. The van der Waals surface area contributed by atoms with Crippen molar-refractivity contribution in [3.63, 3.8) is 0 Å². The van der Waals surface area contributed by atoms with Crippen LogP contribution in [0, 0.1) is 5.92 Å². The minimum absolute atomic E-state index is 0.0473. The smallest absolute Gasteiger partial charge is 0.414 e. The lowest BCUT2D eigenvalue weighted by Gasteiger charge is -2.32. The predicted molar refractivity (Wildman–Crippen MR) is 214 cm³/mol. The fourth-order valence-electron chi connectivity index (χ4n) is 6.65. The summed E-state index contributed by atoms with van der Waals surface area (Å²) in [6, 6.07) is 19.0. The number of hydrogen-bond donors (Lipinski definition) is 2. The molecule has 1 fully saturated rings. The van der Waals surface area contributed by atoms with Crippen LogP contribution in [0.3, 0.4) is 0 Å². The normalized spacial score (nSPS) is 15.0. The maximum atomic E-state index is 14.3. The highest BCUT2D eigenvalue weighted by atomic mass is 32.2. The van der Waals surface area contributed by atoms with E-state index in [0.29, 0.717) is 5.75 Å². The van der Waals surface area contributed by atoms with E-state index < -0.39 is 39.8 Å². The van der Waals surface area contributed by atoms with Crippen molar-refractivity contribution >= 4 is 33.6 Å². The van der Waals surface area contributed by atoms with E-state index in [2.05, 4.69) is 5.32 Å². The van der Waals surface area contributed by atoms with Gasteiger partial charge in [0.05, 0.1) is 24.2 Å². The van der Waals surface area contributed by atoms with E-state index in [1.54, 1.807) is 50.9 Å². The van der Waals surface area contributed by atoms with Gasteiger partial charge < -0.3 is 24.8 Å². The van der Waals surface area contributed by atoms with Crippen LogP contribution < -0.4 is 15.0 Å². The number of aliphatic hydroxyl groups excluding tert-OH is 1. The number of carbonyl (C=O) groups is 3. The first-order valence-corrected chi connectivity index (χ1v) is 20.4. The van der Waals surface area contributed by atoms with Crippen molar-refractivity contribution in [1.82, 2.24) is 14.5 Å². The van der Waals surface area contributed by atoms with Gasteiger partial charge in [-0.1, -0.05) is 63.4 Å². The summed E-state index contributed by atoms with van der Waals surface area (Å²) in [5, 5.41) is 14.8. The highest BCUT2D eigenvalue weighted by Gasteiger charge is 2.33. The molecule has 1 saturated carbocycles. The molecule has 1 aliphatic rings. The van der Waals surface area contributed by atoms with Crippen LogP contribution in [0.5, 0.6) is 5.75 Å². The lowest BCUT2D eigenvalue weighted by molar-refractivity contribution is 0.0587. The second-order valence-electron chi connectivity index (χ2n) is 15.7. The molecule has 300 valence electrons. The van der Waals surface area contributed by atoms with Gasteiger partial charge in [-0.25, -0.2) is 13.2 Å². The average Bonchev–Trinajstić information content (AvgIpc) is 3.16. The molecule has 0 spiro atoms. The number of amides is 3. The number of carbonyl (C=O) groups excluding carboxylic acids is 3. The van der Waals surface area contributed by atoms with E-state index in [1.807, 2.05) is 44.2 Å². The first kappa shape index (κ1) is 43.3. The summed E-state index contributed by atoms with van der Waals surface area (Å²) >= 11 is 0. The summed E-state index contributed by atoms with van der Waals surface area (Å²) in [5.41, 5.74) is 0.605. The molecule has 0 aromatic heterocycles. The van der Waals surface area contributed by atoms with Gasteiger partial charge in [0.1, 0.15) is 11.4 Å². The van der Waals surface area contributed by atoms with Gasteiger partial charge in [0.2, 0.25) is 10.0 Å². The van der Waals surface area contributed by atoms with Gasteiger partial charge in [-0.3, -0.25) is 14.5 Å². The maximum Gasteiger partial charge on any atom is 0.414 e. The second-order valence-corrected chi connectivity index (χ2v) is 17.7. The van der Waals surface area contributed by atoms with E-state index in [-0.39, 0.29) is 59.1 Å². The van der Waals surface area contributed by atoms with Crippen LogP contribution in [-0.4, -0.2) is 98.7 Å². The quantitative estimate of drug-likeness (QED) is 0.178. The number of benzene rings is 3. The third kappa shape index (κ3) is 12.0. The van der Waals surface area contributed by atoms with Crippen molar-refractivity contribution in [3.05, 3.63) is 89.5 Å². The number of nitrogens with zero attached hydrogens (tertiary/aromatic N) is 3. The Morgan fingerprint density at radius 1 is 0.891 bits per heavy atom. The zero-order valence-electron chi connectivity index (χ0n) is 33.4. The number of rotatable bonds is 15. The minimum Gasteiger partial charge on any atom is -0.497 e. The van der Waals surface area contributed by atoms with E-state index in [4.69, 9.17) is 9.47 Å². The van der Waals surface area contributed by atoms with E-state index >= 15 is 0 Å². The zero-order valence-corrected chi connectivity index (χ0v) is 34.3. The fourth-order valence-corrected chi connectivity index (χ4v) is 8.27. The Morgan fingerprint density at radius 3 is 2.09 bits per heavy atom. The van der Waals surface area contributed by atoms with Gasteiger partial charge in [-0.05, 0) is 94.0 Å². The van der Waals surface area contributed by atoms with Crippen molar-refractivity contribution in [2.24, 2.45) is 5.92 Å². The van der Waals surface area contributed by atoms with Crippen LogP contribution in [0.15, 0.2) is 77.7 Å². The van der Waals surface area contributed by atoms with Crippen LogP contribution in [0.2, 0.25) is 0 Å². The molecule has 0 aliphatic heterocycles. The average molecular weight is 779 g/mol. The Hall–Kier alpha value is -4.46. The Morgan fingerprint density at radius 2 is 1.51 bits per heavy atom. The maximum absolute atomic E-state index is 14.3. The SMILES string of the molecule is COc1ccc(S(=O)(=O)N(CC(C)C)CC(O)C(Cc2ccccc2)NC(=O)c2cc(C(=O)N(C)C3CCCCC3)cc(N(C)C(=O)OC(C)(C)C)c2)cc1. The molecule has 0 saturated heterocycles.